The Bertz CT molecular complexity index is 647. The first-order valence-electron chi connectivity index (χ1n) is 5.75. The molecule has 0 saturated heterocycles. The summed E-state index contributed by atoms with van der Waals surface area (Å²) in [6, 6.07) is 13.5. The number of nitriles is 1. The highest BCUT2D eigenvalue weighted by Gasteiger charge is 2.07. The molecule has 0 aliphatic rings. The lowest BCUT2D eigenvalue weighted by atomic mass is 10.1. The molecule has 2 aromatic rings. The fourth-order valence-corrected chi connectivity index (χ4v) is 2.14. The first-order valence-corrected chi connectivity index (χ1v) is 6.54. The summed E-state index contributed by atoms with van der Waals surface area (Å²) in [5.41, 5.74) is 3.29. The van der Waals surface area contributed by atoms with Crippen molar-refractivity contribution in [3.05, 3.63) is 52.0 Å². The predicted molar refractivity (Wildman–Crippen MR) is 79.9 cm³/mol. The van der Waals surface area contributed by atoms with Crippen molar-refractivity contribution in [2.45, 2.75) is 6.92 Å². The van der Waals surface area contributed by atoms with Gasteiger partial charge in [0, 0.05) is 4.47 Å². The fraction of sp³-hybridized carbons (Fsp3) is 0.133. The summed E-state index contributed by atoms with van der Waals surface area (Å²) in [5.74, 6) is 0.730. The highest BCUT2D eigenvalue weighted by atomic mass is 79.9. The molecule has 0 aromatic heterocycles. The third kappa shape index (κ3) is 3.07. The molecule has 0 aliphatic heterocycles. The average Bonchev–Trinajstić information content (AvgIpc) is 2.39. The van der Waals surface area contributed by atoms with Crippen molar-refractivity contribution in [3.8, 4) is 11.8 Å². The van der Waals surface area contributed by atoms with E-state index in [9.17, 15) is 0 Å². The van der Waals surface area contributed by atoms with Crippen molar-refractivity contribution in [1.29, 1.82) is 5.26 Å². The van der Waals surface area contributed by atoms with E-state index in [1.807, 2.05) is 43.3 Å². The summed E-state index contributed by atoms with van der Waals surface area (Å²) in [7, 11) is 1.62. The van der Waals surface area contributed by atoms with Gasteiger partial charge < -0.3 is 10.1 Å². The van der Waals surface area contributed by atoms with Crippen LogP contribution in [-0.2, 0) is 0 Å². The fourth-order valence-electron chi connectivity index (χ4n) is 1.78. The molecular formula is C15H13BrN2O. The quantitative estimate of drug-likeness (QED) is 0.913. The molecule has 4 heteroatoms. The van der Waals surface area contributed by atoms with Crippen LogP contribution in [0, 0.1) is 18.3 Å². The molecule has 0 bridgehead atoms. The third-order valence-corrected chi connectivity index (χ3v) is 3.22. The monoisotopic (exact) mass is 316 g/mol. The zero-order valence-electron chi connectivity index (χ0n) is 10.7. The normalized spacial score (nSPS) is 9.79. The van der Waals surface area contributed by atoms with Crippen LogP contribution in [0.5, 0.6) is 5.75 Å². The second-order valence-corrected chi connectivity index (χ2v) is 5.05. The smallest absolute Gasteiger partial charge is 0.142 e. The Balaban J connectivity index is 2.44. The van der Waals surface area contributed by atoms with E-state index in [4.69, 9.17) is 10.00 Å². The van der Waals surface area contributed by atoms with Gasteiger partial charge in [0.15, 0.2) is 0 Å². The molecule has 0 radical (unpaired) electrons. The van der Waals surface area contributed by atoms with Crippen LogP contribution in [0.25, 0.3) is 0 Å². The van der Waals surface area contributed by atoms with Crippen LogP contribution < -0.4 is 10.1 Å². The standard InChI is InChI=1S/C15H13BrN2O/c1-10-3-4-11(9-17)13(7-10)18-14-8-12(16)5-6-15(14)19-2/h3-8,18H,1-2H3. The number of aryl methyl sites for hydroxylation is 1. The van der Waals surface area contributed by atoms with Crippen molar-refractivity contribution in [2.24, 2.45) is 0 Å². The molecule has 0 atom stereocenters. The van der Waals surface area contributed by atoms with Gasteiger partial charge in [0.2, 0.25) is 0 Å². The number of halogens is 1. The van der Waals surface area contributed by atoms with E-state index in [0.717, 1.165) is 27.2 Å². The summed E-state index contributed by atoms with van der Waals surface area (Å²) in [6.45, 7) is 1.99. The first kappa shape index (κ1) is 13.4. The van der Waals surface area contributed by atoms with Crippen molar-refractivity contribution in [3.63, 3.8) is 0 Å². The maximum absolute atomic E-state index is 9.14. The molecule has 0 amide bonds. The van der Waals surface area contributed by atoms with Crippen molar-refractivity contribution in [2.75, 3.05) is 12.4 Å². The van der Waals surface area contributed by atoms with Crippen molar-refractivity contribution < 1.29 is 4.74 Å². The Morgan fingerprint density at radius 2 is 1.95 bits per heavy atom. The highest BCUT2D eigenvalue weighted by molar-refractivity contribution is 9.10. The number of ether oxygens (including phenoxy) is 1. The van der Waals surface area contributed by atoms with E-state index in [1.54, 1.807) is 7.11 Å². The number of nitrogens with zero attached hydrogens (tertiary/aromatic N) is 1. The maximum atomic E-state index is 9.14. The third-order valence-electron chi connectivity index (χ3n) is 2.73. The molecule has 0 aliphatic carbocycles. The topological polar surface area (TPSA) is 45.0 Å². The molecule has 2 rings (SSSR count). The molecular weight excluding hydrogens is 304 g/mol. The zero-order chi connectivity index (χ0) is 13.8. The number of methoxy groups -OCH3 is 1. The molecule has 2 aromatic carbocycles. The van der Waals surface area contributed by atoms with Crippen LogP contribution in [0.2, 0.25) is 0 Å². The van der Waals surface area contributed by atoms with E-state index in [1.165, 1.54) is 0 Å². The Labute approximate surface area is 121 Å². The molecule has 1 N–H and O–H groups in total. The zero-order valence-corrected chi connectivity index (χ0v) is 12.3. The predicted octanol–water partition coefficient (Wildman–Crippen LogP) is 4.38. The van der Waals surface area contributed by atoms with Gasteiger partial charge in [-0.2, -0.15) is 5.26 Å². The number of nitrogens with one attached hydrogen (secondary N) is 1. The number of rotatable bonds is 3. The van der Waals surface area contributed by atoms with Crippen molar-refractivity contribution in [1.82, 2.24) is 0 Å². The van der Waals surface area contributed by atoms with Crippen LogP contribution in [0.15, 0.2) is 40.9 Å². The van der Waals surface area contributed by atoms with Crippen LogP contribution >= 0.6 is 15.9 Å². The maximum Gasteiger partial charge on any atom is 0.142 e. The molecule has 0 fully saturated rings. The second kappa shape index (κ2) is 5.77. The van der Waals surface area contributed by atoms with Gasteiger partial charge in [0.25, 0.3) is 0 Å². The lowest BCUT2D eigenvalue weighted by molar-refractivity contribution is 0.417. The number of anilines is 2. The molecule has 0 heterocycles. The van der Waals surface area contributed by atoms with E-state index in [2.05, 4.69) is 27.3 Å². The van der Waals surface area contributed by atoms with Crippen LogP contribution in [0.4, 0.5) is 11.4 Å². The largest absolute Gasteiger partial charge is 0.495 e. The molecule has 3 nitrogen and oxygen atoms in total. The van der Waals surface area contributed by atoms with Gasteiger partial charge in [-0.15, -0.1) is 0 Å². The minimum atomic E-state index is 0.604. The molecule has 19 heavy (non-hydrogen) atoms. The van der Waals surface area contributed by atoms with Gasteiger partial charge in [0.1, 0.15) is 11.8 Å². The number of benzene rings is 2. The highest BCUT2D eigenvalue weighted by Crippen LogP contribution is 2.32. The van der Waals surface area contributed by atoms with Gasteiger partial charge in [-0.25, -0.2) is 0 Å². The van der Waals surface area contributed by atoms with E-state index in [-0.39, 0.29) is 0 Å². The van der Waals surface area contributed by atoms with Crippen LogP contribution in [0.1, 0.15) is 11.1 Å². The Kier molecular flexibility index (Phi) is 4.08. The Morgan fingerprint density at radius 3 is 2.63 bits per heavy atom. The summed E-state index contributed by atoms with van der Waals surface area (Å²) >= 11 is 3.43. The second-order valence-electron chi connectivity index (χ2n) is 4.13. The summed E-state index contributed by atoms with van der Waals surface area (Å²) < 4.78 is 6.26. The Morgan fingerprint density at radius 1 is 1.16 bits per heavy atom. The Hall–Kier alpha value is -1.99. The van der Waals surface area contributed by atoms with Gasteiger partial charge in [-0.05, 0) is 42.8 Å². The number of hydrogen-bond acceptors (Lipinski definition) is 3. The van der Waals surface area contributed by atoms with Gasteiger partial charge in [0.05, 0.1) is 24.0 Å². The molecule has 96 valence electrons. The van der Waals surface area contributed by atoms with Crippen LogP contribution in [0.3, 0.4) is 0 Å². The van der Waals surface area contributed by atoms with Gasteiger partial charge >= 0.3 is 0 Å². The number of hydrogen-bond donors (Lipinski definition) is 1. The minimum Gasteiger partial charge on any atom is -0.495 e. The summed E-state index contributed by atoms with van der Waals surface area (Å²) in [6.07, 6.45) is 0. The molecule has 0 saturated carbocycles. The van der Waals surface area contributed by atoms with Crippen molar-refractivity contribution >= 4 is 27.3 Å². The lowest BCUT2D eigenvalue weighted by Gasteiger charge is -2.13. The van der Waals surface area contributed by atoms with E-state index >= 15 is 0 Å². The minimum absolute atomic E-state index is 0.604. The van der Waals surface area contributed by atoms with E-state index < -0.39 is 0 Å². The van der Waals surface area contributed by atoms with Gasteiger partial charge in [-0.1, -0.05) is 22.0 Å². The lowest BCUT2D eigenvalue weighted by Crippen LogP contribution is -1.97. The molecule has 0 unspecified atom stereocenters. The van der Waals surface area contributed by atoms with Gasteiger partial charge in [-0.3, -0.25) is 0 Å². The summed E-state index contributed by atoms with van der Waals surface area (Å²) in [5, 5.41) is 12.4. The first-order chi connectivity index (χ1) is 9.13. The van der Waals surface area contributed by atoms with E-state index in [0.29, 0.717) is 5.56 Å². The SMILES string of the molecule is COc1ccc(Br)cc1Nc1cc(C)ccc1C#N. The molecule has 0 spiro atoms. The summed E-state index contributed by atoms with van der Waals surface area (Å²) in [4.78, 5) is 0. The van der Waals surface area contributed by atoms with Crippen LogP contribution in [-0.4, -0.2) is 7.11 Å². The average molecular weight is 317 g/mol.